The standard InChI is InChI=1S/C35H24O3/c1-19-21-11-15-29-33(25(21)13-17-31(19)36)38-34-26-14-18-32(37)20(2)22(26)12-16-30(34)35(29)27-9-5-3-7-23(27)24-8-4-6-10-28(24)35/h3-18,36-37H,1-2H3. The van der Waals surface area contributed by atoms with Crippen LogP contribution < -0.4 is 4.74 Å². The molecule has 1 aliphatic heterocycles. The Morgan fingerprint density at radius 2 is 0.895 bits per heavy atom. The van der Waals surface area contributed by atoms with Gasteiger partial charge in [-0.1, -0.05) is 72.8 Å². The van der Waals surface area contributed by atoms with Gasteiger partial charge in [0, 0.05) is 21.9 Å². The fraction of sp³-hybridized carbons (Fsp3) is 0.0857. The molecule has 0 unspecified atom stereocenters. The molecule has 1 heterocycles. The van der Waals surface area contributed by atoms with Crippen molar-refractivity contribution in [2.24, 2.45) is 0 Å². The largest absolute Gasteiger partial charge is 0.508 e. The molecule has 8 rings (SSSR count). The number of benzene rings is 6. The van der Waals surface area contributed by atoms with Gasteiger partial charge in [0.1, 0.15) is 23.0 Å². The molecule has 2 aliphatic rings. The number of aromatic hydroxyl groups is 2. The van der Waals surface area contributed by atoms with Gasteiger partial charge >= 0.3 is 0 Å². The predicted octanol–water partition coefficient (Wildman–Crippen LogP) is 8.49. The van der Waals surface area contributed by atoms with E-state index in [1.54, 1.807) is 12.1 Å². The Labute approximate surface area is 220 Å². The van der Waals surface area contributed by atoms with Crippen LogP contribution in [0.15, 0.2) is 97.1 Å². The lowest BCUT2D eigenvalue weighted by Gasteiger charge is -2.40. The summed E-state index contributed by atoms with van der Waals surface area (Å²) in [6.07, 6.45) is 0. The highest BCUT2D eigenvalue weighted by molar-refractivity contribution is 6.01. The molecule has 0 amide bonds. The molecule has 1 aliphatic carbocycles. The number of ether oxygens (including phenoxy) is 1. The van der Waals surface area contributed by atoms with Crippen LogP contribution in [0.3, 0.4) is 0 Å². The van der Waals surface area contributed by atoms with Crippen molar-refractivity contribution in [2.45, 2.75) is 19.3 Å². The highest BCUT2D eigenvalue weighted by Gasteiger charge is 2.51. The average molecular weight is 493 g/mol. The maximum atomic E-state index is 10.5. The number of phenolic OH excluding ortho intramolecular Hbond substituents is 2. The second-order valence-electron chi connectivity index (χ2n) is 10.4. The number of hydrogen-bond acceptors (Lipinski definition) is 3. The molecule has 0 saturated carbocycles. The summed E-state index contributed by atoms with van der Waals surface area (Å²) in [6.45, 7) is 3.89. The molecule has 1 spiro atoms. The van der Waals surface area contributed by atoms with E-state index in [-0.39, 0.29) is 11.5 Å². The van der Waals surface area contributed by atoms with Gasteiger partial charge in [0.25, 0.3) is 0 Å². The molecule has 6 aromatic rings. The molecule has 0 fully saturated rings. The summed E-state index contributed by atoms with van der Waals surface area (Å²) in [6, 6.07) is 33.4. The van der Waals surface area contributed by atoms with Gasteiger partial charge in [0.2, 0.25) is 0 Å². The van der Waals surface area contributed by atoms with Gasteiger partial charge in [-0.15, -0.1) is 0 Å². The first-order valence-corrected chi connectivity index (χ1v) is 12.9. The van der Waals surface area contributed by atoms with Crippen LogP contribution in [0.1, 0.15) is 33.4 Å². The van der Waals surface area contributed by atoms with Crippen molar-refractivity contribution in [1.29, 1.82) is 0 Å². The molecule has 0 radical (unpaired) electrons. The van der Waals surface area contributed by atoms with E-state index >= 15 is 0 Å². The van der Waals surface area contributed by atoms with Crippen molar-refractivity contribution < 1.29 is 14.9 Å². The molecule has 6 aromatic carbocycles. The van der Waals surface area contributed by atoms with Crippen LogP contribution in [0.25, 0.3) is 32.7 Å². The van der Waals surface area contributed by atoms with E-state index in [4.69, 9.17) is 4.74 Å². The van der Waals surface area contributed by atoms with E-state index < -0.39 is 5.41 Å². The average Bonchev–Trinajstić information content (AvgIpc) is 3.24. The lowest BCUT2D eigenvalue weighted by Crippen LogP contribution is -2.32. The van der Waals surface area contributed by atoms with Crippen LogP contribution in [0.5, 0.6) is 23.0 Å². The smallest absolute Gasteiger partial charge is 0.140 e. The van der Waals surface area contributed by atoms with Crippen LogP contribution in [-0.4, -0.2) is 10.2 Å². The Kier molecular flexibility index (Phi) is 4.03. The monoisotopic (exact) mass is 492 g/mol. The van der Waals surface area contributed by atoms with Crippen LogP contribution >= 0.6 is 0 Å². The third kappa shape index (κ3) is 2.39. The lowest BCUT2D eigenvalue weighted by atomic mass is 9.65. The number of aryl methyl sites for hydroxylation is 2. The fourth-order valence-electron chi connectivity index (χ4n) is 6.91. The minimum Gasteiger partial charge on any atom is -0.508 e. The van der Waals surface area contributed by atoms with Crippen LogP contribution in [0.4, 0.5) is 0 Å². The van der Waals surface area contributed by atoms with Crippen molar-refractivity contribution in [3.05, 3.63) is 130 Å². The summed E-state index contributed by atoms with van der Waals surface area (Å²) >= 11 is 0. The van der Waals surface area contributed by atoms with Crippen molar-refractivity contribution in [3.8, 4) is 34.1 Å². The lowest BCUT2D eigenvalue weighted by molar-refractivity contribution is 0.446. The summed E-state index contributed by atoms with van der Waals surface area (Å²) in [5.74, 6) is 2.17. The normalized spacial score (nSPS) is 14.2. The molecule has 3 nitrogen and oxygen atoms in total. The first-order valence-electron chi connectivity index (χ1n) is 12.9. The summed E-state index contributed by atoms with van der Waals surface area (Å²) in [5.41, 5.74) is 8.20. The molecule has 0 bridgehead atoms. The van der Waals surface area contributed by atoms with Crippen molar-refractivity contribution in [3.63, 3.8) is 0 Å². The molecule has 182 valence electrons. The van der Waals surface area contributed by atoms with Crippen molar-refractivity contribution >= 4 is 21.5 Å². The third-order valence-corrected chi connectivity index (χ3v) is 8.75. The number of phenols is 2. The van der Waals surface area contributed by atoms with Gasteiger partial charge in [-0.2, -0.15) is 0 Å². The number of fused-ring (bicyclic) bond motifs is 13. The first-order chi connectivity index (χ1) is 18.5. The predicted molar refractivity (Wildman–Crippen MR) is 152 cm³/mol. The molecule has 0 atom stereocenters. The van der Waals surface area contributed by atoms with Gasteiger partial charge in [-0.05, 0) is 82.3 Å². The third-order valence-electron chi connectivity index (χ3n) is 8.75. The zero-order chi connectivity index (χ0) is 25.8. The number of rotatable bonds is 0. The molecule has 0 aromatic heterocycles. The van der Waals surface area contributed by atoms with Crippen molar-refractivity contribution in [2.75, 3.05) is 0 Å². The van der Waals surface area contributed by atoms with Gasteiger partial charge in [-0.3, -0.25) is 0 Å². The van der Waals surface area contributed by atoms with E-state index in [0.29, 0.717) is 0 Å². The van der Waals surface area contributed by atoms with Crippen LogP contribution in [0, 0.1) is 13.8 Å². The van der Waals surface area contributed by atoms with Gasteiger partial charge in [0.15, 0.2) is 0 Å². The van der Waals surface area contributed by atoms with E-state index in [1.807, 2.05) is 26.0 Å². The highest BCUT2D eigenvalue weighted by Crippen LogP contribution is 2.64. The second-order valence-corrected chi connectivity index (χ2v) is 10.4. The maximum Gasteiger partial charge on any atom is 0.140 e. The summed E-state index contributed by atoms with van der Waals surface area (Å²) in [7, 11) is 0. The molecule has 0 saturated heterocycles. The number of hydrogen-bond donors (Lipinski definition) is 2. The highest BCUT2D eigenvalue weighted by atomic mass is 16.5. The van der Waals surface area contributed by atoms with Gasteiger partial charge in [0.05, 0.1) is 5.41 Å². The van der Waals surface area contributed by atoms with E-state index in [2.05, 4.69) is 72.8 Å². The van der Waals surface area contributed by atoms with E-state index in [0.717, 1.165) is 55.3 Å². The van der Waals surface area contributed by atoms with E-state index in [1.165, 1.54) is 22.3 Å². The molecule has 38 heavy (non-hydrogen) atoms. The Bertz CT molecular complexity index is 1860. The Morgan fingerprint density at radius 3 is 1.37 bits per heavy atom. The van der Waals surface area contributed by atoms with E-state index in [9.17, 15) is 10.2 Å². The van der Waals surface area contributed by atoms with Crippen LogP contribution in [-0.2, 0) is 5.41 Å². The van der Waals surface area contributed by atoms with Gasteiger partial charge < -0.3 is 14.9 Å². The SMILES string of the molecule is Cc1c(O)ccc2c3c(ccc12)C1(c2ccccc2-c2ccccc21)c1ccc2c(C)c(O)ccc2c1O3. The Hall–Kier alpha value is -4.76. The summed E-state index contributed by atoms with van der Waals surface area (Å²) < 4.78 is 6.95. The maximum absolute atomic E-state index is 10.5. The van der Waals surface area contributed by atoms with Crippen molar-refractivity contribution in [1.82, 2.24) is 0 Å². The topological polar surface area (TPSA) is 49.7 Å². The zero-order valence-corrected chi connectivity index (χ0v) is 21.0. The molecule has 2 N–H and O–H groups in total. The first kappa shape index (κ1) is 21.3. The molecular formula is C35H24O3. The van der Waals surface area contributed by atoms with Crippen LogP contribution in [0.2, 0.25) is 0 Å². The van der Waals surface area contributed by atoms with Gasteiger partial charge in [-0.25, -0.2) is 0 Å². The molecule has 3 heteroatoms. The fourth-order valence-corrected chi connectivity index (χ4v) is 6.91. The quantitative estimate of drug-likeness (QED) is 0.223. The second kappa shape index (κ2) is 7.17. The summed E-state index contributed by atoms with van der Waals surface area (Å²) in [5, 5.41) is 24.8. The zero-order valence-electron chi connectivity index (χ0n) is 21.0. The minimum atomic E-state index is -0.573. The molecular weight excluding hydrogens is 468 g/mol. The minimum absolute atomic E-state index is 0.275. The Morgan fingerprint density at radius 1 is 0.474 bits per heavy atom. The summed E-state index contributed by atoms with van der Waals surface area (Å²) in [4.78, 5) is 0. The Balaban J connectivity index is 1.61.